The van der Waals surface area contributed by atoms with Gasteiger partial charge in [0.15, 0.2) is 0 Å². The molecule has 0 radical (unpaired) electrons. The van der Waals surface area contributed by atoms with Gasteiger partial charge in [0.1, 0.15) is 11.6 Å². The number of ether oxygens (including phenoxy) is 1. The summed E-state index contributed by atoms with van der Waals surface area (Å²) in [6.07, 6.45) is 2.40. The molecule has 21 heavy (non-hydrogen) atoms. The van der Waals surface area contributed by atoms with E-state index in [2.05, 4.69) is 5.32 Å². The maximum Gasteiger partial charge on any atom is 0.144 e. The number of methoxy groups -OCH3 is 1. The standard InChI is InChI=1S/C17H17ClFNO/c1-21-16-10-14(19)8-9-15(16)20-17(11-2-3-11)12-4-6-13(18)7-5-12/h4-11,17,20H,2-3H2,1H3. The van der Waals surface area contributed by atoms with Crippen LogP contribution in [0.5, 0.6) is 5.75 Å². The van der Waals surface area contributed by atoms with Crippen molar-refractivity contribution in [1.29, 1.82) is 0 Å². The molecule has 110 valence electrons. The van der Waals surface area contributed by atoms with E-state index >= 15 is 0 Å². The summed E-state index contributed by atoms with van der Waals surface area (Å²) in [5.74, 6) is 0.822. The van der Waals surface area contributed by atoms with Crippen molar-refractivity contribution in [2.75, 3.05) is 12.4 Å². The Hall–Kier alpha value is -1.74. The third kappa shape index (κ3) is 3.30. The van der Waals surface area contributed by atoms with Crippen LogP contribution in [0.2, 0.25) is 5.02 Å². The highest BCUT2D eigenvalue weighted by Gasteiger charge is 2.32. The molecule has 1 aliphatic rings. The number of hydrogen-bond donors (Lipinski definition) is 1. The van der Waals surface area contributed by atoms with Crippen molar-refractivity contribution in [3.63, 3.8) is 0 Å². The molecule has 0 bridgehead atoms. The normalized spacial score (nSPS) is 15.6. The minimum atomic E-state index is -0.299. The maximum absolute atomic E-state index is 13.3. The van der Waals surface area contributed by atoms with Crippen molar-refractivity contribution in [2.45, 2.75) is 18.9 Å². The van der Waals surface area contributed by atoms with Crippen LogP contribution >= 0.6 is 11.6 Å². The fraction of sp³-hybridized carbons (Fsp3) is 0.294. The average molecular weight is 306 g/mol. The highest BCUT2D eigenvalue weighted by molar-refractivity contribution is 6.30. The summed E-state index contributed by atoms with van der Waals surface area (Å²) in [5.41, 5.74) is 2.00. The summed E-state index contributed by atoms with van der Waals surface area (Å²) in [4.78, 5) is 0. The predicted octanol–water partition coefficient (Wildman–Crippen LogP) is 5.05. The van der Waals surface area contributed by atoms with E-state index in [1.807, 2.05) is 24.3 Å². The quantitative estimate of drug-likeness (QED) is 0.834. The first kappa shape index (κ1) is 14.2. The highest BCUT2D eigenvalue weighted by atomic mass is 35.5. The summed E-state index contributed by atoms with van der Waals surface area (Å²) in [6.45, 7) is 0. The second-order valence-electron chi connectivity index (χ2n) is 5.36. The summed E-state index contributed by atoms with van der Waals surface area (Å²) in [5, 5.41) is 4.22. The Kier molecular flexibility index (Phi) is 4.02. The van der Waals surface area contributed by atoms with Crippen molar-refractivity contribution >= 4 is 17.3 Å². The molecular weight excluding hydrogens is 289 g/mol. The van der Waals surface area contributed by atoms with Crippen LogP contribution in [0.1, 0.15) is 24.4 Å². The van der Waals surface area contributed by atoms with Crippen LogP contribution in [0.3, 0.4) is 0 Å². The minimum Gasteiger partial charge on any atom is -0.494 e. The summed E-state index contributed by atoms with van der Waals surface area (Å²) in [6, 6.07) is 12.6. The first-order chi connectivity index (χ1) is 10.2. The Morgan fingerprint density at radius 3 is 2.52 bits per heavy atom. The highest BCUT2D eigenvalue weighted by Crippen LogP contribution is 2.44. The van der Waals surface area contributed by atoms with Crippen molar-refractivity contribution in [3.8, 4) is 5.75 Å². The maximum atomic E-state index is 13.3. The summed E-state index contributed by atoms with van der Waals surface area (Å²) in [7, 11) is 1.55. The molecule has 0 saturated heterocycles. The summed E-state index contributed by atoms with van der Waals surface area (Å²) < 4.78 is 18.5. The zero-order chi connectivity index (χ0) is 14.8. The topological polar surface area (TPSA) is 21.3 Å². The van der Waals surface area contributed by atoms with Crippen molar-refractivity contribution in [1.82, 2.24) is 0 Å². The molecule has 0 aromatic heterocycles. The lowest BCUT2D eigenvalue weighted by atomic mass is 10.0. The Labute approximate surface area is 128 Å². The van der Waals surface area contributed by atoms with E-state index in [1.165, 1.54) is 30.5 Å². The Morgan fingerprint density at radius 1 is 1.19 bits per heavy atom. The molecule has 1 atom stereocenters. The monoisotopic (exact) mass is 305 g/mol. The third-order valence-electron chi connectivity index (χ3n) is 3.80. The lowest BCUT2D eigenvalue weighted by molar-refractivity contribution is 0.412. The molecule has 2 aromatic rings. The molecule has 0 amide bonds. The first-order valence-electron chi connectivity index (χ1n) is 7.03. The fourth-order valence-corrected chi connectivity index (χ4v) is 2.65. The van der Waals surface area contributed by atoms with Gasteiger partial charge in [0.25, 0.3) is 0 Å². The van der Waals surface area contributed by atoms with E-state index in [9.17, 15) is 4.39 Å². The van der Waals surface area contributed by atoms with Gasteiger partial charge in [-0.1, -0.05) is 23.7 Å². The largest absolute Gasteiger partial charge is 0.494 e. The van der Waals surface area contributed by atoms with E-state index in [1.54, 1.807) is 13.2 Å². The van der Waals surface area contributed by atoms with Gasteiger partial charge in [0.2, 0.25) is 0 Å². The number of anilines is 1. The molecule has 2 nitrogen and oxygen atoms in total. The predicted molar refractivity (Wildman–Crippen MR) is 83.5 cm³/mol. The van der Waals surface area contributed by atoms with Gasteiger partial charge in [0.05, 0.1) is 18.8 Å². The molecule has 3 rings (SSSR count). The number of nitrogens with one attached hydrogen (secondary N) is 1. The van der Waals surface area contributed by atoms with Crippen LogP contribution in [-0.2, 0) is 0 Å². The van der Waals surface area contributed by atoms with Crippen LogP contribution in [0.4, 0.5) is 10.1 Å². The van der Waals surface area contributed by atoms with E-state index < -0.39 is 0 Å². The number of benzene rings is 2. The molecule has 4 heteroatoms. The fourth-order valence-electron chi connectivity index (χ4n) is 2.52. The van der Waals surface area contributed by atoms with E-state index in [0.29, 0.717) is 11.7 Å². The van der Waals surface area contributed by atoms with Crippen LogP contribution in [0.15, 0.2) is 42.5 Å². The van der Waals surface area contributed by atoms with Gasteiger partial charge in [-0.15, -0.1) is 0 Å². The van der Waals surface area contributed by atoms with Crippen molar-refractivity contribution < 1.29 is 9.13 Å². The van der Waals surface area contributed by atoms with Gasteiger partial charge in [-0.25, -0.2) is 4.39 Å². The molecule has 0 aliphatic heterocycles. The van der Waals surface area contributed by atoms with Gasteiger partial charge in [-0.2, -0.15) is 0 Å². The van der Waals surface area contributed by atoms with Crippen molar-refractivity contribution in [2.24, 2.45) is 5.92 Å². The van der Waals surface area contributed by atoms with Gasteiger partial charge >= 0.3 is 0 Å². The molecule has 1 N–H and O–H groups in total. The summed E-state index contributed by atoms with van der Waals surface area (Å²) >= 11 is 5.95. The Balaban J connectivity index is 1.87. The van der Waals surface area contributed by atoms with Gasteiger partial charge in [-0.3, -0.25) is 0 Å². The SMILES string of the molecule is COc1cc(F)ccc1NC(c1ccc(Cl)cc1)C1CC1. The molecule has 2 aromatic carbocycles. The van der Waals surface area contributed by atoms with Gasteiger partial charge in [0, 0.05) is 11.1 Å². The van der Waals surface area contributed by atoms with Crippen LogP contribution in [0.25, 0.3) is 0 Å². The molecule has 1 fully saturated rings. The smallest absolute Gasteiger partial charge is 0.144 e. The molecule has 1 unspecified atom stereocenters. The second-order valence-corrected chi connectivity index (χ2v) is 5.79. The average Bonchev–Trinajstić information content (AvgIpc) is 3.31. The van der Waals surface area contributed by atoms with Crippen LogP contribution in [0, 0.1) is 11.7 Å². The second kappa shape index (κ2) is 5.94. The number of halogens is 2. The Bertz CT molecular complexity index is 625. The lowest BCUT2D eigenvalue weighted by Gasteiger charge is -2.21. The number of hydrogen-bond acceptors (Lipinski definition) is 2. The van der Waals surface area contributed by atoms with E-state index in [-0.39, 0.29) is 11.9 Å². The lowest BCUT2D eigenvalue weighted by Crippen LogP contribution is -2.13. The zero-order valence-corrected chi connectivity index (χ0v) is 12.5. The van der Waals surface area contributed by atoms with E-state index in [0.717, 1.165) is 10.7 Å². The molecule has 0 heterocycles. The molecule has 1 aliphatic carbocycles. The van der Waals surface area contributed by atoms with Crippen LogP contribution < -0.4 is 10.1 Å². The van der Waals surface area contributed by atoms with Crippen LogP contribution in [-0.4, -0.2) is 7.11 Å². The first-order valence-corrected chi connectivity index (χ1v) is 7.40. The molecular formula is C17H17ClFNO. The number of rotatable bonds is 5. The zero-order valence-electron chi connectivity index (χ0n) is 11.8. The Morgan fingerprint density at radius 2 is 1.90 bits per heavy atom. The van der Waals surface area contributed by atoms with E-state index in [4.69, 9.17) is 16.3 Å². The van der Waals surface area contributed by atoms with Gasteiger partial charge in [-0.05, 0) is 48.6 Å². The van der Waals surface area contributed by atoms with Gasteiger partial charge < -0.3 is 10.1 Å². The molecule has 1 saturated carbocycles. The molecule has 0 spiro atoms. The third-order valence-corrected chi connectivity index (χ3v) is 4.05. The minimum absolute atomic E-state index is 0.196. The van der Waals surface area contributed by atoms with Crippen molar-refractivity contribution in [3.05, 3.63) is 58.9 Å².